The van der Waals surface area contributed by atoms with Crippen LogP contribution in [0.4, 0.5) is 0 Å². The summed E-state index contributed by atoms with van der Waals surface area (Å²) in [5.74, 6) is 0.905. The number of amides is 1. The number of nitrogens with one attached hydrogen (secondary N) is 1. The Labute approximate surface area is 114 Å². The minimum atomic E-state index is -0.758. The van der Waals surface area contributed by atoms with Crippen LogP contribution in [0.2, 0.25) is 0 Å². The molecule has 1 atom stereocenters. The fraction of sp³-hybridized carbons (Fsp3) is 0.533. The van der Waals surface area contributed by atoms with Gasteiger partial charge in [0.15, 0.2) is 0 Å². The zero-order valence-electron chi connectivity index (χ0n) is 12.1. The number of carbonyl (C=O) groups excluding carboxylic acids is 1. The molecule has 106 valence electrons. The van der Waals surface area contributed by atoms with E-state index >= 15 is 0 Å². The van der Waals surface area contributed by atoms with E-state index < -0.39 is 6.10 Å². The third-order valence-electron chi connectivity index (χ3n) is 2.83. The van der Waals surface area contributed by atoms with E-state index in [-0.39, 0.29) is 12.5 Å². The van der Waals surface area contributed by atoms with Gasteiger partial charge in [-0.25, -0.2) is 0 Å². The van der Waals surface area contributed by atoms with Crippen LogP contribution in [0.1, 0.15) is 37.5 Å². The van der Waals surface area contributed by atoms with Crippen LogP contribution < -0.4 is 10.1 Å². The lowest BCUT2D eigenvalue weighted by molar-refractivity contribution is -0.122. The van der Waals surface area contributed by atoms with Crippen molar-refractivity contribution < 1.29 is 14.6 Å². The average molecular weight is 265 g/mol. The largest absolute Gasteiger partial charge is 0.496 e. The van der Waals surface area contributed by atoms with Crippen molar-refractivity contribution in [1.29, 1.82) is 0 Å². The minimum Gasteiger partial charge on any atom is -0.496 e. The number of rotatable bonds is 6. The Balaban J connectivity index is 2.65. The first-order chi connectivity index (χ1) is 8.93. The summed E-state index contributed by atoms with van der Waals surface area (Å²) in [6.45, 7) is 6.12. The van der Waals surface area contributed by atoms with Crippen LogP contribution in [-0.2, 0) is 4.79 Å². The molecule has 0 aliphatic rings. The van der Waals surface area contributed by atoms with E-state index in [1.807, 2.05) is 39.0 Å². The van der Waals surface area contributed by atoms with Gasteiger partial charge >= 0.3 is 0 Å². The van der Waals surface area contributed by atoms with E-state index in [9.17, 15) is 9.90 Å². The molecule has 1 unspecified atom stereocenters. The van der Waals surface area contributed by atoms with Crippen molar-refractivity contribution in [3.8, 4) is 5.75 Å². The molecule has 4 nitrogen and oxygen atoms in total. The number of aliphatic hydroxyl groups excluding tert-OH is 1. The molecule has 0 radical (unpaired) electrons. The van der Waals surface area contributed by atoms with Gasteiger partial charge in [-0.05, 0) is 25.0 Å². The number of ether oxygens (including phenoxy) is 1. The normalized spacial score (nSPS) is 12.3. The number of aryl methyl sites for hydroxylation is 1. The third kappa shape index (κ3) is 4.91. The molecular formula is C15H23NO3. The fourth-order valence-electron chi connectivity index (χ4n) is 1.88. The molecule has 0 saturated carbocycles. The number of carbonyl (C=O) groups is 1. The monoisotopic (exact) mass is 265 g/mol. The van der Waals surface area contributed by atoms with E-state index in [2.05, 4.69) is 5.32 Å². The molecule has 1 amide bonds. The molecule has 2 N–H and O–H groups in total. The molecule has 0 aromatic heterocycles. The molecule has 0 bridgehead atoms. The van der Waals surface area contributed by atoms with Gasteiger partial charge in [0.25, 0.3) is 0 Å². The highest BCUT2D eigenvalue weighted by molar-refractivity contribution is 5.76. The predicted octanol–water partition coefficient (Wildman–Crippen LogP) is 2.20. The topological polar surface area (TPSA) is 58.6 Å². The predicted molar refractivity (Wildman–Crippen MR) is 75.2 cm³/mol. The molecule has 0 spiro atoms. The van der Waals surface area contributed by atoms with Crippen molar-refractivity contribution in [2.45, 2.75) is 33.3 Å². The third-order valence-corrected chi connectivity index (χ3v) is 2.83. The Morgan fingerprint density at radius 2 is 2.11 bits per heavy atom. The van der Waals surface area contributed by atoms with Gasteiger partial charge < -0.3 is 15.2 Å². The van der Waals surface area contributed by atoms with Gasteiger partial charge in [0, 0.05) is 18.5 Å². The van der Waals surface area contributed by atoms with Gasteiger partial charge in [0.2, 0.25) is 5.91 Å². The van der Waals surface area contributed by atoms with Gasteiger partial charge in [-0.1, -0.05) is 25.5 Å². The first-order valence-corrected chi connectivity index (χ1v) is 6.53. The highest BCUT2D eigenvalue weighted by Gasteiger charge is 2.15. The highest BCUT2D eigenvalue weighted by atomic mass is 16.5. The summed E-state index contributed by atoms with van der Waals surface area (Å²) in [6.07, 6.45) is -0.288. The molecular weight excluding hydrogens is 242 g/mol. The molecule has 0 saturated heterocycles. The standard InChI is InChI=1S/C15H23NO3/c1-10(2)7-15(18)16-9-13(17)12-8-11(3)5-6-14(12)19-4/h5-6,8,10,13,17H,7,9H2,1-4H3,(H,16,18). The summed E-state index contributed by atoms with van der Waals surface area (Å²) < 4.78 is 5.22. The quantitative estimate of drug-likeness (QED) is 0.829. The zero-order valence-corrected chi connectivity index (χ0v) is 12.1. The van der Waals surface area contributed by atoms with E-state index in [0.29, 0.717) is 23.7 Å². The van der Waals surface area contributed by atoms with E-state index in [0.717, 1.165) is 5.56 Å². The van der Waals surface area contributed by atoms with Crippen LogP contribution in [0.15, 0.2) is 18.2 Å². The lowest BCUT2D eigenvalue weighted by Gasteiger charge is -2.16. The summed E-state index contributed by atoms with van der Waals surface area (Å²) >= 11 is 0. The van der Waals surface area contributed by atoms with Gasteiger partial charge in [-0.15, -0.1) is 0 Å². The second-order valence-electron chi connectivity index (χ2n) is 5.16. The second kappa shape index (κ2) is 7.14. The summed E-state index contributed by atoms with van der Waals surface area (Å²) in [7, 11) is 1.57. The average Bonchev–Trinajstić information content (AvgIpc) is 2.35. The van der Waals surface area contributed by atoms with Gasteiger partial charge in [-0.2, -0.15) is 0 Å². The van der Waals surface area contributed by atoms with Crippen molar-refractivity contribution in [2.24, 2.45) is 5.92 Å². The SMILES string of the molecule is COc1ccc(C)cc1C(O)CNC(=O)CC(C)C. The Morgan fingerprint density at radius 3 is 2.68 bits per heavy atom. The maximum atomic E-state index is 11.6. The summed E-state index contributed by atoms with van der Waals surface area (Å²) in [6, 6.07) is 5.62. The van der Waals surface area contributed by atoms with Gasteiger partial charge in [-0.3, -0.25) is 4.79 Å². The molecule has 1 aromatic carbocycles. The highest BCUT2D eigenvalue weighted by Crippen LogP contribution is 2.25. The summed E-state index contributed by atoms with van der Waals surface area (Å²) in [5, 5.41) is 12.9. The molecule has 1 aromatic rings. The van der Waals surface area contributed by atoms with Gasteiger partial charge in [0.1, 0.15) is 5.75 Å². The van der Waals surface area contributed by atoms with Crippen molar-refractivity contribution in [3.63, 3.8) is 0 Å². The Hall–Kier alpha value is -1.55. The Bertz CT molecular complexity index is 429. The van der Waals surface area contributed by atoms with Crippen molar-refractivity contribution in [1.82, 2.24) is 5.32 Å². The zero-order chi connectivity index (χ0) is 14.4. The number of hydrogen-bond donors (Lipinski definition) is 2. The molecule has 0 aliphatic heterocycles. The summed E-state index contributed by atoms with van der Waals surface area (Å²) in [4.78, 5) is 11.6. The minimum absolute atomic E-state index is 0.0410. The lowest BCUT2D eigenvalue weighted by atomic mass is 10.0. The van der Waals surface area contributed by atoms with Crippen LogP contribution in [0.25, 0.3) is 0 Å². The van der Waals surface area contributed by atoms with Crippen LogP contribution >= 0.6 is 0 Å². The van der Waals surface area contributed by atoms with Crippen molar-refractivity contribution in [2.75, 3.05) is 13.7 Å². The number of hydrogen-bond acceptors (Lipinski definition) is 3. The molecule has 1 rings (SSSR count). The van der Waals surface area contributed by atoms with E-state index in [4.69, 9.17) is 4.74 Å². The summed E-state index contributed by atoms with van der Waals surface area (Å²) in [5.41, 5.74) is 1.75. The fourth-order valence-corrected chi connectivity index (χ4v) is 1.88. The first-order valence-electron chi connectivity index (χ1n) is 6.53. The lowest BCUT2D eigenvalue weighted by Crippen LogP contribution is -2.29. The number of benzene rings is 1. The smallest absolute Gasteiger partial charge is 0.220 e. The van der Waals surface area contributed by atoms with Crippen LogP contribution in [-0.4, -0.2) is 24.7 Å². The maximum Gasteiger partial charge on any atom is 0.220 e. The molecule has 19 heavy (non-hydrogen) atoms. The number of aliphatic hydroxyl groups is 1. The van der Waals surface area contributed by atoms with Crippen molar-refractivity contribution in [3.05, 3.63) is 29.3 Å². The van der Waals surface area contributed by atoms with E-state index in [1.54, 1.807) is 7.11 Å². The van der Waals surface area contributed by atoms with Crippen LogP contribution in [0.3, 0.4) is 0 Å². The maximum absolute atomic E-state index is 11.6. The van der Waals surface area contributed by atoms with Crippen LogP contribution in [0.5, 0.6) is 5.75 Å². The first kappa shape index (κ1) is 15.5. The molecule has 0 fully saturated rings. The van der Waals surface area contributed by atoms with E-state index in [1.165, 1.54) is 0 Å². The number of methoxy groups -OCH3 is 1. The van der Waals surface area contributed by atoms with Crippen molar-refractivity contribution >= 4 is 5.91 Å². The second-order valence-corrected chi connectivity index (χ2v) is 5.16. The Morgan fingerprint density at radius 1 is 1.42 bits per heavy atom. The van der Waals surface area contributed by atoms with Gasteiger partial charge in [0.05, 0.1) is 13.2 Å². The molecule has 0 heterocycles. The molecule has 0 aliphatic carbocycles. The molecule has 4 heteroatoms. The Kier molecular flexibility index (Phi) is 5.83. The van der Waals surface area contributed by atoms with Crippen LogP contribution in [0, 0.1) is 12.8 Å².